The molecule has 1 atom stereocenters. The molecule has 0 saturated carbocycles. The summed E-state index contributed by atoms with van der Waals surface area (Å²) in [7, 11) is 1.95. The van der Waals surface area contributed by atoms with Gasteiger partial charge in [-0.05, 0) is 79.7 Å². The van der Waals surface area contributed by atoms with Crippen LogP contribution in [-0.4, -0.2) is 15.7 Å². The zero-order valence-corrected chi connectivity index (χ0v) is 18.3. The van der Waals surface area contributed by atoms with Crippen LogP contribution >= 0.6 is 11.3 Å². The average Bonchev–Trinajstić information content (AvgIpc) is 3.33. The third-order valence-corrected chi connectivity index (χ3v) is 7.04. The van der Waals surface area contributed by atoms with Gasteiger partial charge in [-0.25, -0.2) is 0 Å². The van der Waals surface area contributed by atoms with Crippen LogP contribution < -0.4 is 5.32 Å². The molecule has 0 spiro atoms. The molecule has 4 nitrogen and oxygen atoms in total. The van der Waals surface area contributed by atoms with Gasteiger partial charge in [-0.3, -0.25) is 9.48 Å². The zero-order chi connectivity index (χ0) is 20.4. The quantitative estimate of drug-likeness (QED) is 0.637. The van der Waals surface area contributed by atoms with E-state index >= 15 is 0 Å². The van der Waals surface area contributed by atoms with Crippen molar-refractivity contribution in [1.82, 2.24) is 15.1 Å². The van der Waals surface area contributed by atoms with Crippen molar-refractivity contribution in [2.24, 2.45) is 7.05 Å². The molecule has 3 aromatic rings. The van der Waals surface area contributed by atoms with Gasteiger partial charge >= 0.3 is 0 Å². The second-order valence-corrected chi connectivity index (χ2v) is 9.00. The van der Waals surface area contributed by atoms with Gasteiger partial charge in [-0.1, -0.05) is 24.3 Å². The van der Waals surface area contributed by atoms with E-state index in [0.29, 0.717) is 6.42 Å². The Kier molecular flexibility index (Phi) is 5.86. The summed E-state index contributed by atoms with van der Waals surface area (Å²) in [6.45, 7) is 4.08. The van der Waals surface area contributed by atoms with Gasteiger partial charge in [-0.15, -0.1) is 11.3 Å². The van der Waals surface area contributed by atoms with Gasteiger partial charge in [0.1, 0.15) is 0 Å². The summed E-state index contributed by atoms with van der Waals surface area (Å²) < 4.78 is 1.89. The van der Waals surface area contributed by atoms with E-state index in [2.05, 4.69) is 53.1 Å². The van der Waals surface area contributed by atoms with Crippen LogP contribution in [0.1, 0.15) is 63.8 Å². The van der Waals surface area contributed by atoms with E-state index in [1.807, 2.05) is 18.7 Å². The fraction of sp³-hybridized carbons (Fsp3) is 0.417. The summed E-state index contributed by atoms with van der Waals surface area (Å²) in [4.78, 5) is 14.1. The molecule has 0 aliphatic heterocycles. The maximum atomic E-state index is 12.9. The monoisotopic (exact) mass is 407 g/mol. The molecule has 1 aliphatic rings. The lowest BCUT2D eigenvalue weighted by molar-refractivity contribution is -0.121. The Labute approximate surface area is 177 Å². The molecular formula is C24H29N3OS. The van der Waals surface area contributed by atoms with Crippen LogP contribution in [0.4, 0.5) is 0 Å². The SMILES string of the molecule is Cc1nn(C)c(C)c1CCC(=O)NC(c1ccc2c(c1)CCCC2)c1cccs1. The second-order valence-electron chi connectivity index (χ2n) is 8.02. The van der Waals surface area contributed by atoms with Crippen LogP contribution in [0.15, 0.2) is 35.7 Å². The predicted molar refractivity (Wildman–Crippen MR) is 118 cm³/mol. The van der Waals surface area contributed by atoms with Crippen LogP contribution in [0.5, 0.6) is 0 Å². The fourth-order valence-electron chi connectivity index (χ4n) is 4.36. The van der Waals surface area contributed by atoms with Crippen molar-refractivity contribution in [1.29, 1.82) is 0 Å². The number of rotatable bonds is 6. The Morgan fingerprint density at radius 3 is 2.69 bits per heavy atom. The van der Waals surface area contributed by atoms with E-state index in [1.54, 1.807) is 11.3 Å². The van der Waals surface area contributed by atoms with Crippen molar-refractivity contribution in [3.63, 3.8) is 0 Å². The molecule has 0 radical (unpaired) electrons. The number of nitrogens with one attached hydrogen (secondary N) is 1. The van der Waals surface area contributed by atoms with Gasteiger partial charge in [0.2, 0.25) is 5.91 Å². The summed E-state index contributed by atoms with van der Waals surface area (Å²) in [5, 5.41) is 9.85. The van der Waals surface area contributed by atoms with E-state index < -0.39 is 0 Å². The molecule has 1 N–H and O–H groups in total. The minimum atomic E-state index is -0.0779. The molecule has 29 heavy (non-hydrogen) atoms. The number of nitrogens with zero attached hydrogens (tertiary/aromatic N) is 2. The van der Waals surface area contributed by atoms with Gasteiger partial charge in [-0.2, -0.15) is 5.10 Å². The molecule has 1 unspecified atom stereocenters. The lowest BCUT2D eigenvalue weighted by Crippen LogP contribution is -2.29. The number of carbonyl (C=O) groups is 1. The van der Waals surface area contributed by atoms with Gasteiger partial charge in [0.25, 0.3) is 0 Å². The third-order valence-electron chi connectivity index (χ3n) is 6.10. The van der Waals surface area contributed by atoms with Crippen LogP contribution in [-0.2, 0) is 31.1 Å². The number of hydrogen-bond donors (Lipinski definition) is 1. The number of amides is 1. The molecule has 0 bridgehead atoms. The van der Waals surface area contributed by atoms with Crippen molar-refractivity contribution in [2.45, 2.75) is 58.4 Å². The van der Waals surface area contributed by atoms with E-state index in [9.17, 15) is 4.79 Å². The standard InChI is InChI=1S/C24H29N3OS/c1-16-21(17(2)27(3)26-16)12-13-23(28)25-24(22-9-6-14-29-22)20-11-10-18-7-4-5-8-19(18)15-20/h6,9-11,14-15,24H,4-5,7-8,12-13H2,1-3H3,(H,25,28). The van der Waals surface area contributed by atoms with Crippen LogP contribution in [0.25, 0.3) is 0 Å². The molecular weight excluding hydrogens is 378 g/mol. The summed E-state index contributed by atoms with van der Waals surface area (Å²) in [6.07, 6.45) is 6.06. The van der Waals surface area contributed by atoms with E-state index in [1.165, 1.54) is 46.4 Å². The van der Waals surface area contributed by atoms with Gasteiger partial charge in [0.05, 0.1) is 11.7 Å². The molecule has 0 saturated heterocycles. The molecule has 2 heterocycles. The Balaban J connectivity index is 1.51. The van der Waals surface area contributed by atoms with Crippen LogP contribution in [0.2, 0.25) is 0 Å². The van der Waals surface area contributed by atoms with Crippen molar-refractivity contribution >= 4 is 17.2 Å². The topological polar surface area (TPSA) is 46.9 Å². The smallest absolute Gasteiger partial charge is 0.221 e. The van der Waals surface area contributed by atoms with Gasteiger partial charge < -0.3 is 5.32 Å². The first-order valence-corrected chi connectivity index (χ1v) is 11.3. The molecule has 4 rings (SSSR count). The Bertz CT molecular complexity index is 1000. The molecule has 1 amide bonds. The number of fused-ring (bicyclic) bond motifs is 1. The minimum absolute atomic E-state index is 0.0779. The number of benzene rings is 1. The number of hydrogen-bond acceptors (Lipinski definition) is 3. The number of aryl methyl sites for hydroxylation is 4. The van der Waals surface area contributed by atoms with E-state index in [-0.39, 0.29) is 11.9 Å². The molecule has 0 fully saturated rings. The maximum Gasteiger partial charge on any atom is 0.221 e. The van der Waals surface area contributed by atoms with Crippen molar-refractivity contribution in [2.75, 3.05) is 0 Å². The first-order chi connectivity index (χ1) is 14.0. The van der Waals surface area contributed by atoms with Crippen LogP contribution in [0, 0.1) is 13.8 Å². The molecule has 1 aliphatic carbocycles. The number of thiophene rings is 1. The van der Waals surface area contributed by atoms with Crippen molar-refractivity contribution in [3.8, 4) is 0 Å². The second kappa shape index (κ2) is 8.54. The molecule has 1 aromatic carbocycles. The zero-order valence-electron chi connectivity index (χ0n) is 17.5. The highest BCUT2D eigenvalue weighted by atomic mass is 32.1. The Morgan fingerprint density at radius 1 is 1.21 bits per heavy atom. The van der Waals surface area contributed by atoms with E-state index in [4.69, 9.17) is 0 Å². The summed E-state index contributed by atoms with van der Waals surface area (Å²) in [5.41, 5.74) is 7.45. The summed E-state index contributed by atoms with van der Waals surface area (Å²) >= 11 is 1.70. The fourth-order valence-corrected chi connectivity index (χ4v) is 5.16. The first-order valence-electron chi connectivity index (χ1n) is 10.5. The highest BCUT2D eigenvalue weighted by molar-refractivity contribution is 7.10. The molecule has 2 aromatic heterocycles. The summed E-state index contributed by atoms with van der Waals surface area (Å²) in [5.74, 6) is 0.0868. The largest absolute Gasteiger partial charge is 0.344 e. The predicted octanol–water partition coefficient (Wildman–Crippen LogP) is 4.82. The van der Waals surface area contributed by atoms with Gasteiger partial charge in [0.15, 0.2) is 0 Å². The lowest BCUT2D eigenvalue weighted by Gasteiger charge is -2.22. The molecule has 5 heteroatoms. The first kappa shape index (κ1) is 19.9. The molecule has 152 valence electrons. The van der Waals surface area contributed by atoms with Crippen molar-refractivity contribution in [3.05, 3.63) is 74.2 Å². The lowest BCUT2D eigenvalue weighted by atomic mass is 9.89. The van der Waals surface area contributed by atoms with Gasteiger partial charge in [0, 0.05) is 24.0 Å². The number of aromatic nitrogens is 2. The third kappa shape index (κ3) is 4.30. The number of carbonyl (C=O) groups excluding carboxylic acids is 1. The highest BCUT2D eigenvalue weighted by Gasteiger charge is 2.20. The Morgan fingerprint density at radius 2 is 2.00 bits per heavy atom. The Hall–Kier alpha value is -2.40. The minimum Gasteiger partial charge on any atom is -0.344 e. The highest BCUT2D eigenvalue weighted by Crippen LogP contribution is 2.30. The summed E-state index contributed by atoms with van der Waals surface area (Å²) in [6, 6.07) is 10.9. The normalized spacial score (nSPS) is 14.4. The van der Waals surface area contributed by atoms with Crippen LogP contribution in [0.3, 0.4) is 0 Å². The maximum absolute atomic E-state index is 12.9. The average molecular weight is 408 g/mol. The van der Waals surface area contributed by atoms with E-state index in [0.717, 1.165) is 24.2 Å². The van der Waals surface area contributed by atoms with Crippen molar-refractivity contribution < 1.29 is 4.79 Å².